The van der Waals surface area contributed by atoms with Gasteiger partial charge in [-0.1, -0.05) is 11.6 Å². The van der Waals surface area contributed by atoms with Gasteiger partial charge in [0.2, 0.25) is 0 Å². The van der Waals surface area contributed by atoms with E-state index in [9.17, 15) is 0 Å². The maximum atomic E-state index is 6.16. The van der Waals surface area contributed by atoms with Gasteiger partial charge in [0.1, 0.15) is 5.75 Å². The monoisotopic (exact) mass is 308 g/mol. The Hall–Kier alpha value is -0.770. The van der Waals surface area contributed by atoms with Crippen molar-refractivity contribution < 1.29 is 4.74 Å². The summed E-state index contributed by atoms with van der Waals surface area (Å²) in [5.41, 5.74) is 7.23. The molecule has 0 aromatic heterocycles. The van der Waals surface area contributed by atoms with Crippen molar-refractivity contribution in [2.24, 2.45) is 17.6 Å². The lowest BCUT2D eigenvalue weighted by molar-refractivity contribution is 0.276. The first kappa shape index (κ1) is 15.1. The minimum Gasteiger partial charge on any atom is -0.493 e. The van der Waals surface area contributed by atoms with Crippen molar-refractivity contribution in [1.82, 2.24) is 4.90 Å². The lowest BCUT2D eigenvalue weighted by Crippen LogP contribution is -2.29. The summed E-state index contributed by atoms with van der Waals surface area (Å²) in [5, 5.41) is 0.784. The lowest BCUT2D eigenvalue weighted by Gasteiger charge is -2.20. The van der Waals surface area contributed by atoms with Gasteiger partial charge in [-0.05, 0) is 62.8 Å². The molecule has 21 heavy (non-hydrogen) atoms. The Kier molecular flexibility index (Phi) is 4.72. The third-order valence-corrected chi connectivity index (χ3v) is 4.88. The van der Waals surface area contributed by atoms with Gasteiger partial charge in [-0.3, -0.25) is 4.90 Å². The standard InChI is InChI=1S/C17H25ClN2O/c1-12(19)14-6-7-20(9-14)10-15-8-16(18)4-5-17(15)21-11-13-2-3-13/h4-5,8,12-14H,2-3,6-7,9-11,19H2,1H3. The first-order valence-electron chi connectivity index (χ1n) is 8.01. The van der Waals surface area contributed by atoms with E-state index in [1.165, 1.54) is 24.8 Å². The molecule has 2 N–H and O–H groups in total. The van der Waals surface area contributed by atoms with Gasteiger partial charge < -0.3 is 10.5 Å². The minimum atomic E-state index is 0.278. The topological polar surface area (TPSA) is 38.5 Å². The van der Waals surface area contributed by atoms with Gasteiger partial charge in [0, 0.05) is 29.7 Å². The van der Waals surface area contributed by atoms with Crippen LogP contribution in [0.1, 0.15) is 31.7 Å². The lowest BCUT2D eigenvalue weighted by atomic mass is 10.0. The van der Waals surface area contributed by atoms with Gasteiger partial charge in [-0.25, -0.2) is 0 Å². The zero-order valence-corrected chi connectivity index (χ0v) is 13.5. The molecule has 1 saturated heterocycles. The van der Waals surface area contributed by atoms with Crippen LogP contribution >= 0.6 is 11.6 Å². The van der Waals surface area contributed by atoms with E-state index in [2.05, 4.69) is 11.8 Å². The molecule has 2 unspecified atom stereocenters. The fourth-order valence-corrected chi connectivity index (χ4v) is 3.18. The Morgan fingerprint density at radius 3 is 2.86 bits per heavy atom. The predicted octanol–water partition coefficient (Wildman–Crippen LogP) is 3.30. The highest BCUT2D eigenvalue weighted by Gasteiger charge is 2.26. The van der Waals surface area contributed by atoms with Crippen LogP contribution in [0.4, 0.5) is 0 Å². The van der Waals surface area contributed by atoms with Gasteiger partial charge in [-0.2, -0.15) is 0 Å². The molecule has 3 rings (SSSR count). The number of hydrogen-bond donors (Lipinski definition) is 1. The van der Waals surface area contributed by atoms with E-state index in [0.717, 1.165) is 42.9 Å². The van der Waals surface area contributed by atoms with Crippen LogP contribution in [0.15, 0.2) is 18.2 Å². The molecule has 0 radical (unpaired) electrons. The van der Waals surface area contributed by atoms with E-state index >= 15 is 0 Å². The average molecular weight is 309 g/mol. The van der Waals surface area contributed by atoms with Crippen LogP contribution in [0.5, 0.6) is 5.75 Å². The van der Waals surface area contributed by atoms with E-state index in [0.29, 0.717) is 5.92 Å². The summed E-state index contributed by atoms with van der Waals surface area (Å²) in [6.45, 7) is 6.05. The highest BCUT2D eigenvalue weighted by atomic mass is 35.5. The Morgan fingerprint density at radius 1 is 1.38 bits per heavy atom. The number of ether oxygens (including phenoxy) is 1. The van der Waals surface area contributed by atoms with E-state index in [4.69, 9.17) is 22.1 Å². The van der Waals surface area contributed by atoms with Crippen LogP contribution < -0.4 is 10.5 Å². The molecule has 1 aliphatic carbocycles. The van der Waals surface area contributed by atoms with Gasteiger partial charge in [-0.15, -0.1) is 0 Å². The highest BCUT2D eigenvalue weighted by molar-refractivity contribution is 6.30. The molecule has 1 aromatic carbocycles. The molecule has 116 valence electrons. The van der Waals surface area contributed by atoms with Crippen LogP contribution in [0.25, 0.3) is 0 Å². The maximum absolute atomic E-state index is 6.16. The van der Waals surface area contributed by atoms with Crippen LogP contribution in [-0.4, -0.2) is 30.6 Å². The molecule has 2 aliphatic rings. The molecule has 0 bridgehead atoms. The van der Waals surface area contributed by atoms with Gasteiger partial charge in [0.25, 0.3) is 0 Å². The number of nitrogens with zero attached hydrogens (tertiary/aromatic N) is 1. The molecule has 3 nitrogen and oxygen atoms in total. The maximum Gasteiger partial charge on any atom is 0.123 e. The van der Waals surface area contributed by atoms with Crippen LogP contribution in [0, 0.1) is 11.8 Å². The van der Waals surface area contributed by atoms with Crippen molar-refractivity contribution in [3.8, 4) is 5.75 Å². The van der Waals surface area contributed by atoms with Crippen LogP contribution in [-0.2, 0) is 6.54 Å². The molecular formula is C17H25ClN2O. The van der Waals surface area contributed by atoms with E-state index < -0.39 is 0 Å². The number of nitrogens with two attached hydrogens (primary N) is 1. The number of rotatable bonds is 6. The van der Waals surface area contributed by atoms with Gasteiger partial charge in [0.05, 0.1) is 6.61 Å². The Labute approximate surface area is 132 Å². The predicted molar refractivity (Wildman–Crippen MR) is 86.7 cm³/mol. The van der Waals surface area contributed by atoms with Gasteiger partial charge in [0.15, 0.2) is 0 Å². The first-order valence-corrected chi connectivity index (χ1v) is 8.39. The largest absolute Gasteiger partial charge is 0.493 e. The molecule has 2 atom stereocenters. The second kappa shape index (κ2) is 6.55. The number of hydrogen-bond acceptors (Lipinski definition) is 3. The summed E-state index contributed by atoms with van der Waals surface area (Å²) < 4.78 is 5.99. The zero-order chi connectivity index (χ0) is 14.8. The summed E-state index contributed by atoms with van der Waals surface area (Å²) in [6, 6.07) is 6.25. The van der Waals surface area contributed by atoms with Crippen molar-refractivity contribution >= 4 is 11.6 Å². The number of benzene rings is 1. The fraction of sp³-hybridized carbons (Fsp3) is 0.647. The normalized spacial score (nSPS) is 24.2. The van der Waals surface area contributed by atoms with Crippen molar-refractivity contribution in [3.63, 3.8) is 0 Å². The summed E-state index contributed by atoms with van der Waals surface area (Å²) >= 11 is 6.16. The second-order valence-corrected chi connectivity index (χ2v) is 7.09. The van der Waals surface area contributed by atoms with E-state index in [1.54, 1.807) is 0 Å². The smallest absolute Gasteiger partial charge is 0.123 e. The zero-order valence-electron chi connectivity index (χ0n) is 12.7. The quantitative estimate of drug-likeness (QED) is 0.876. The summed E-state index contributed by atoms with van der Waals surface area (Å²) in [5.74, 6) is 2.37. The Morgan fingerprint density at radius 2 is 2.19 bits per heavy atom. The second-order valence-electron chi connectivity index (χ2n) is 6.65. The third-order valence-electron chi connectivity index (χ3n) is 4.64. The molecule has 0 spiro atoms. The molecule has 1 heterocycles. The van der Waals surface area contributed by atoms with Crippen molar-refractivity contribution in [2.45, 2.75) is 38.8 Å². The first-order chi connectivity index (χ1) is 10.1. The Bertz CT molecular complexity index is 488. The summed E-state index contributed by atoms with van der Waals surface area (Å²) in [6.07, 6.45) is 3.81. The van der Waals surface area contributed by atoms with Crippen LogP contribution in [0.3, 0.4) is 0 Å². The number of likely N-dealkylation sites (tertiary alicyclic amines) is 1. The average Bonchev–Trinajstić information content (AvgIpc) is 3.15. The van der Waals surface area contributed by atoms with Crippen molar-refractivity contribution in [1.29, 1.82) is 0 Å². The number of halogens is 1. The summed E-state index contributed by atoms with van der Waals surface area (Å²) in [7, 11) is 0. The van der Waals surface area contributed by atoms with Crippen LogP contribution in [0.2, 0.25) is 5.02 Å². The molecule has 4 heteroatoms. The molecule has 0 amide bonds. The SMILES string of the molecule is CC(N)C1CCN(Cc2cc(Cl)ccc2OCC2CC2)C1. The van der Waals surface area contributed by atoms with E-state index in [-0.39, 0.29) is 6.04 Å². The highest BCUT2D eigenvalue weighted by Crippen LogP contribution is 2.32. The third kappa shape index (κ3) is 4.12. The fourth-order valence-electron chi connectivity index (χ4n) is 2.98. The summed E-state index contributed by atoms with van der Waals surface area (Å²) in [4.78, 5) is 2.46. The minimum absolute atomic E-state index is 0.278. The Balaban J connectivity index is 1.64. The van der Waals surface area contributed by atoms with Crippen molar-refractivity contribution in [3.05, 3.63) is 28.8 Å². The van der Waals surface area contributed by atoms with Gasteiger partial charge >= 0.3 is 0 Å². The molecule has 1 saturated carbocycles. The molecule has 2 fully saturated rings. The van der Waals surface area contributed by atoms with Crippen molar-refractivity contribution in [2.75, 3.05) is 19.7 Å². The molecule has 1 aromatic rings. The molecular weight excluding hydrogens is 284 g/mol. The van der Waals surface area contributed by atoms with E-state index in [1.807, 2.05) is 18.2 Å². The molecule has 1 aliphatic heterocycles.